The minimum absolute atomic E-state index is 0.0366. The van der Waals surface area contributed by atoms with Crippen molar-refractivity contribution in [1.29, 1.82) is 0 Å². The fourth-order valence-electron chi connectivity index (χ4n) is 2.15. The number of nitrogens with zero attached hydrogens (tertiary/aromatic N) is 2. The molecule has 1 fully saturated rings. The van der Waals surface area contributed by atoms with E-state index in [1.807, 2.05) is 18.2 Å². The number of hydrogen-bond acceptors (Lipinski definition) is 4. The molecule has 1 saturated carbocycles. The Morgan fingerprint density at radius 3 is 2.90 bits per heavy atom. The van der Waals surface area contributed by atoms with Gasteiger partial charge in [-0.25, -0.2) is 4.98 Å². The minimum Gasteiger partial charge on any atom is -0.434 e. The molecule has 3 rings (SSSR count). The van der Waals surface area contributed by atoms with Crippen LogP contribution in [0.15, 0.2) is 41.5 Å². The van der Waals surface area contributed by atoms with Crippen LogP contribution in [-0.2, 0) is 6.42 Å². The maximum atomic E-state index is 12.3. The van der Waals surface area contributed by atoms with E-state index in [2.05, 4.69) is 4.98 Å². The lowest BCUT2D eigenvalue weighted by Gasteiger charge is -2.10. The lowest BCUT2D eigenvalue weighted by atomic mass is 10.1. The van der Waals surface area contributed by atoms with Crippen LogP contribution >= 0.6 is 0 Å². The van der Waals surface area contributed by atoms with Crippen LogP contribution in [0.1, 0.15) is 24.4 Å². The third kappa shape index (κ3) is 2.58. The van der Waals surface area contributed by atoms with Crippen molar-refractivity contribution in [2.75, 3.05) is 6.61 Å². The van der Waals surface area contributed by atoms with Gasteiger partial charge >= 0.3 is 5.56 Å². The molecule has 0 bridgehead atoms. The molecular formula is C15H16N2O3. The van der Waals surface area contributed by atoms with E-state index in [1.165, 1.54) is 0 Å². The second-order valence-electron chi connectivity index (χ2n) is 4.86. The second kappa shape index (κ2) is 5.46. The molecule has 0 saturated heterocycles. The first kappa shape index (κ1) is 12.9. The van der Waals surface area contributed by atoms with E-state index in [1.54, 1.807) is 23.0 Å². The SMILES string of the molecule is O=c1c(Oc2ccccc2CCO)nccn1C1CC1. The predicted octanol–water partition coefficient (Wildman–Crippen LogP) is 1.91. The summed E-state index contributed by atoms with van der Waals surface area (Å²) in [6.07, 6.45) is 5.84. The fraction of sp³-hybridized carbons (Fsp3) is 0.333. The molecule has 0 aliphatic heterocycles. The summed E-state index contributed by atoms with van der Waals surface area (Å²) in [5.41, 5.74) is 0.659. The van der Waals surface area contributed by atoms with Crippen LogP contribution in [0, 0.1) is 0 Å². The van der Waals surface area contributed by atoms with Crippen LogP contribution < -0.4 is 10.3 Å². The van der Waals surface area contributed by atoms with Crippen molar-refractivity contribution in [2.45, 2.75) is 25.3 Å². The zero-order valence-corrected chi connectivity index (χ0v) is 11.0. The van der Waals surface area contributed by atoms with Gasteiger partial charge in [0.2, 0.25) is 0 Å². The Labute approximate surface area is 116 Å². The van der Waals surface area contributed by atoms with Crippen LogP contribution in [0.2, 0.25) is 0 Å². The molecule has 0 spiro atoms. The third-order valence-corrected chi connectivity index (χ3v) is 3.34. The highest BCUT2D eigenvalue weighted by molar-refractivity contribution is 5.35. The molecule has 0 atom stereocenters. The number of aromatic nitrogens is 2. The first-order chi connectivity index (χ1) is 9.79. The van der Waals surface area contributed by atoms with Crippen LogP contribution in [0.3, 0.4) is 0 Å². The predicted molar refractivity (Wildman–Crippen MR) is 74.1 cm³/mol. The molecule has 0 radical (unpaired) electrons. The average Bonchev–Trinajstić information content (AvgIpc) is 3.28. The average molecular weight is 272 g/mol. The molecule has 1 N–H and O–H groups in total. The summed E-state index contributed by atoms with van der Waals surface area (Å²) in [7, 11) is 0. The summed E-state index contributed by atoms with van der Waals surface area (Å²) >= 11 is 0. The molecular weight excluding hydrogens is 256 g/mol. The molecule has 5 nitrogen and oxygen atoms in total. The first-order valence-corrected chi connectivity index (χ1v) is 6.73. The van der Waals surface area contributed by atoms with Gasteiger partial charge in [0.25, 0.3) is 5.88 Å². The van der Waals surface area contributed by atoms with E-state index in [9.17, 15) is 4.79 Å². The fourth-order valence-corrected chi connectivity index (χ4v) is 2.15. The molecule has 0 amide bonds. The second-order valence-corrected chi connectivity index (χ2v) is 4.86. The lowest BCUT2D eigenvalue weighted by molar-refractivity contribution is 0.297. The van der Waals surface area contributed by atoms with Crippen LogP contribution in [0.5, 0.6) is 11.6 Å². The summed E-state index contributed by atoms with van der Waals surface area (Å²) in [5.74, 6) is 0.657. The Hall–Kier alpha value is -2.14. The molecule has 1 aromatic carbocycles. The molecule has 1 aromatic heterocycles. The molecule has 1 aliphatic rings. The largest absolute Gasteiger partial charge is 0.434 e. The lowest BCUT2D eigenvalue weighted by Crippen LogP contribution is -2.20. The maximum Gasteiger partial charge on any atom is 0.313 e. The van der Waals surface area contributed by atoms with E-state index >= 15 is 0 Å². The Kier molecular flexibility index (Phi) is 3.52. The van der Waals surface area contributed by atoms with Crippen molar-refractivity contribution in [2.24, 2.45) is 0 Å². The van der Waals surface area contributed by atoms with Crippen molar-refractivity contribution in [3.8, 4) is 11.6 Å². The summed E-state index contributed by atoms with van der Waals surface area (Å²) in [5, 5.41) is 9.05. The molecule has 104 valence electrons. The summed E-state index contributed by atoms with van der Waals surface area (Å²) in [4.78, 5) is 16.3. The summed E-state index contributed by atoms with van der Waals surface area (Å²) in [6, 6.07) is 7.65. The Balaban J connectivity index is 1.91. The van der Waals surface area contributed by atoms with Gasteiger partial charge in [-0.3, -0.25) is 4.79 Å². The van der Waals surface area contributed by atoms with E-state index in [-0.39, 0.29) is 18.0 Å². The Morgan fingerprint density at radius 2 is 2.15 bits per heavy atom. The standard InChI is InChI=1S/C15H16N2O3/c18-10-7-11-3-1-2-4-13(11)20-14-15(19)17(9-8-16-14)12-5-6-12/h1-4,8-9,12,18H,5-7,10H2. The highest BCUT2D eigenvalue weighted by atomic mass is 16.5. The third-order valence-electron chi connectivity index (χ3n) is 3.34. The molecule has 0 unspecified atom stereocenters. The molecule has 1 heterocycles. The van der Waals surface area contributed by atoms with Gasteiger partial charge in [-0.2, -0.15) is 0 Å². The number of aliphatic hydroxyl groups is 1. The number of benzene rings is 1. The van der Waals surface area contributed by atoms with Gasteiger partial charge < -0.3 is 14.4 Å². The summed E-state index contributed by atoms with van der Waals surface area (Å²) < 4.78 is 7.33. The Morgan fingerprint density at radius 1 is 1.35 bits per heavy atom. The normalized spacial score (nSPS) is 14.2. The van der Waals surface area contributed by atoms with Crippen LogP contribution in [-0.4, -0.2) is 21.3 Å². The molecule has 1 aliphatic carbocycles. The Bertz CT molecular complexity index is 662. The monoisotopic (exact) mass is 272 g/mol. The van der Waals surface area contributed by atoms with E-state index in [0.29, 0.717) is 18.2 Å². The smallest absolute Gasteiger partial charge is 0.313 e. The van der Waals surface area contributed by atoms with Gasteiger partial charge in [-0.05, 0) is 30.9 Å². The minimum atomic E-state index is -0.200. The highest BCUT2D eigenvalue weighted by Gasteiger charge is 2.25. The zero-order chi connectivity index (χ0) is 13.9. The van der Waals surface area contributed by atoms with Crippen molar-refractivity contribution < 1.29 is 9.84 Å². The van der Waals surface area contributed by atoms with Crippen molar-refractivity contribution in [3.63, 3.8) is 0 Å². The van der Waals surface area contributed by atoms with Crippen molar-refractivity contribution >= 4 is 0 Å². The van der Waals surface area contributed by atoms with Crippen molar-refractivity contribution in [1.82, 2.24) is 9.55 Å². The van der Waals surface area contributed by atoms with Gasteiger partial charge in [0, 0.05) is 25.0 Å². The van der Waals surface area contributed by atoms with Gasteiger partial charge in [0.15, 0.2) is 0 Å². The van der Waals surface area contributed by atoms with E-state index in [0.717, 1.165) is 18.4 Å². The van der Waals surface area contributed by atoms with Gasteiger partial charge in [-0.1, -0.05) is 18.2 Å². The maximum absolute atomic E-state index is 12.3. The molecule has 2 aromatic rings. The van der Waals surface area contributed by atoms with Gasteiger partial charge in [0.05, 0.1) is 0 Å². The van der Waals surface area contributed by atoms with Gasteiger partial charge in [0.1, 0.15) is 5.75 Å². The molecule has 20 heavy (non-hydrogen) atoms. The zero-order valence-electron chi connectivity index (χ0n) is 11.0. The van der Waals surface area contributed by atoms with E-state index in [4.69, 9.17) is 9.84 Å². The summed E-state index contributed by atoms with van der Waals surface area (Å²) in [6.45, 7) is 0.0366. The molecule has 5 heteroatoms. The van der Waals surface area contributed by atoms with Crippen molar-refractivity contribution in [3.05, 3.63) is 52.6 Å². The first-order valence-electron chi connectivity index (χ1n) is 6.73. The van der Waals surface area contributed by atoms with Crippen LogP contribution in [0.25, 0.3) is 0 Å². The number of rotatable bonds is 5. The topological polar surface area (TPSA) is 64.3 Å². The number of para-hydroxylation sites is 1. The number of hydrogen-bond donors (Lipinski definition) is 1. The quantitative estimate of drug-likeness (QED) is 0.903. The number of ether oxygens (including phenoxy) is 1. The van der Waals surface area contributed by atoms with Gasteiger partial charge in [-0.15, -0.1) is 0 Å². The number of aliphatic hydroxyl groups excluding tert-OH is 1. The van der Waals surface area contributed by atoms with Crippen LogP contribution in [0.4, 0.5) is 0 Å². The van der Waals surface area contributed by atoms with E-state index < -0.39 is 0 Å². The highest BCUT2D eigenvalue weighted by Crippen LogP contribution is 2.33.